The van der Waals surface area contributed by atoms with Crippen LogP contribution in [0.4, 0.5) is 0 Å². The van der Waals surface area contributed by atoms with Crippen LogP contribution in [0.15, 0.2) is 23.5 Å². The third-order valence-electron chi connectivity index (χ3n) is 2.96. The van der Waals surface area contributed by atoms with Gasteiger partial charge in [-0.05, 0) is 37.0 Å². The maximum absolute atomic E-state index is 5.77. The summed E-state index contributed by atoms with van der Waals surface area (Å²) in [7, 11) is 0. The predicted octanol–water partition coefficient (Wildman–Crippen LogP) is 3.28. The van der Waals surface area contributed by atoms with Crippen molar-refractivity contribution in [2.24, 2.45) is 11.3 Å². The monoisotopic (exact) mass is 178 g/mol. The van der Waals surface area contributed by atoms with Crippen molar-refractivity contribution in [1.82, 2.24) is 0 Å². The van der Waals surface area contributed by atoms with Crippen LogP contribution in [0.25, 0.3) is 0 Å². The average Bonchev–Trinajstić information content (AvgIpc) is 2.39. The molecule has 2 bridgehead atoms. The van der Waals surface area contributed by atoms with E-state index in [0.29, 0.717) is 6.10 Å². The van der Waals surface area contributed by atoms with E-state index >= 15 is 0 Å². The number of ether oxygens (including phenoxy) is 1. The number of hydrogen-bond donors (Lipinski definition) is 0. The second-order valence-electron chi connectivity index (χ2n) is 5.04. The van der Waals surface area contributed by atoms with Crippen LogP contribution in [-0.4, -0.2) is 6.10 Å². The SMILES string of the molecule is CC1=CC2=CC(C)(CC(C)C)C1O2. The summed E-state index contributed by atoms with van der Waals surface area (Å²) in [5, 5.41) is 0. The third-order valence-corrected chi connectivity index (χ3v) is 2.96. The lowest BCUT2D eigenvalue weighted by Crippen LogP contribution is -2.29. The molecule has 2 unspecified atom stereocenters. The molecule has 0 spiro atoms. The van der Waals surface area contributed by atoms with Crippen molar-refractivity contribution in [2.45, 2.75) is 40.2 Å². The van der Waals surface area contributed by atoms with Gasteiger partial charge in [0.25, 0.3) is 0 Å². The van der Waals surface area contributed by atoms with Crippen molar-refractivity contribution in [2.75, 3.05) is 0 Å². The molecular formula is C12H18O. The Hall–Kier alpha value is -0.720. The van der Waals surface area contributed by atoms with Crippen molar-refractivity contribution in [3.05, 3.63) is 23.5 Å². The first-order valence-electron chi connectivity index (χ1n) is 5.09. The summed E-state index contributed by atoms with van der Waals surface area (Å²) < 4.78 is 5.77. The van der Waals surface area contributed by atoms with Crippen LogP contribution in [0.2, 0.25) is 0 Å². The molecule has 2 aliphatic rings. The first kappa shape index (κ1) is 8.86. The van der Waals surface area contributed by atoms with E-state index < -0.39 is 0 Å². The van der Waals surface area contributed by atoms with Crippen molar-refractivity contribution >= 4 is 0 Å². The van der Waals surface area contributed by atoms with Crippen LogP contribution >= 0.6 is 0 Å². The highest BCUT2D eigenvalue weighted by molar-refractivity contribution is 5.37. The molecule has 0 aromatic rings. The number of rotatable bonds is 2. The van der Waals surface area contributed by atoms with Crippen molar-refractivity contribution in [3.63, 3.8) is 0 Å². The smallest absolute Gasteiger partial charge is 0.129 e. The molecule has 2 aliphatic heterocycles. The molecule has 0 saturated heterocycles. The van der Waals surface area contributed by atoms with Gasteiger partial charge in [0.1, 0.15) is 11.9 Å². The van der Waals surface area contributed by atoms with E-state index in [9.17, 15) is 0 Å². The van der Waals surface area contributed by atoms with Crippen LogP contribution < -0.4 is 0 Å². The van der Waals surface area contributed by atoms with Gasteiger partial charge in [0.05, 0.1) is 0 Å². The minimum Gasteiger partial charge on any atom is -0.485 e. The predicted molar refractivity (Wildman–Crippen MR) is 54.3 cm³/mol. The molecule has 2 atom stereocenters. The average molecular weight is 178 g/mol. The van der Waals surface area contributed by atoms with Gasteiger partial charge >= 0.3 is 0 Å². The fourth-order valence-electron chi connectivity index (χ4n) is 2.74. The highest BCUT2D eigenvalue weighted by Gasteiger charge is 2.44. The van der Waals surface area contributed by atoms with E-state index in [0.717, 1.165) is 11.7 Å². The topological polar surface area (TPSA) is 9.23 Å². The summed E-state index contributed by atoms with van der Waals surface area (Å²) in [6.45, 7) is 9.02. The summed E-state index contributed by atoms with van der Waals surface area (Å²) >= 11 is 0. The lowest BCUT2D eigenvalue weighted by molar-refractivity contribution is 0.105. The molecule has 72 valence electrons. The first-order chi connectivity index (χ1) is 6.01. The summed E-state index contributed by atoms with van der Waals surface area (Å²) in [4.78, 5) is 0. The highest BCUT2D eigenvalue weighted by Crippen LogP contribution is 2.47. The molecule has 0 aromatic carbocycles. The van der Waals surface area contributed by atoms with E-state index in [2.05, 4.69) is 39.8 Å². The molecule has 1 heteroatoms. The molecule has 0 saturated carbocycles. The lowest BCUT2D eigenvalue weighted by Gasteiger charge is -2.30. The second kappa shape index (κ2) is 2.63. The summed E-state index contributed by atoms with van der Waals surface area (Å²) in [5.41, 5.74) is 1.64. The van der Waals surface area contributed by atoms with Crippen molar-refractivity contribution < 1.29 is 4.74 Å². The van der Waals surface area contributed by atoms with Gasteiger partial charge in [-0.1, -0.05) is 20.8 Å². The van der Waals surface area contributed by atoms with Gasteiger partial charge in [0.15, 0.2) is 0 Å². The molecule has 0 amide bonds. The molecule has 0 fully saturated rings. The molecular weight excluding hydrogens is 160 g/mol. The largest absolute Gasteiger partial charge is 0.485 e. The minimum atomic E-state index is 0.252. The van der Waals surface area contributed by atoms with E-state index in [1.54, 1.807) is 0 Å². The van der Waals surface area contributed by atoms with Crippen LogP contribution in [-0.2, 0) is 4.74 Å². The summed E-state index contributed by atoms with van der Waals surface area (Å²) in [5.74, 6) is 1.82. The Morgan fingerprint density at radius 3 is 2.69 bits per heavy atom. The van der Waals surface area contributed by atoms with Crippen LogP contribution in [0.5, 0.6) is 0 Å². The van der Waals surface area contributed by atoms with Gasteiger partial charge in [-0.3, -0.25) is 0 Å². The van der Waals surface area contributed by atoms with Gasteiger partial charge in [-0.15, -0.1) is 0 Å². The maximum Gasteiger partial charge on any atom is 0.129 e. The molecule has 0 radical (unpaired) electrons. The van der Waals surface area contributed by atoms with Gasteiger partial charge in [-0.25, -0.2) is 0 Å². The highest BCUT2D eigenvalue weighted by atomic mass is 16.5. The van der Waals surface area contributed by atoms with E-state index in [1.807, 2.05) is 0 Å². The molecule has 13 heavy (non-hydrogen) atoms. The second-order valence-corrected chi connectivity index (χ2v) is 5.04. The van der Waals surface area contributed by atoms with Gasteiger partial charge < -0.3 is 4.74 Å². The Balaban J connectivity index is 2.21. The van der Waals surface area contributed by atoms with E-state index in [4.69, 9.17) is 4.74 Å². The van der Waals surface area contributed by atoms with E-state index in [1.165, 1.54) is 12.0 Å². The summed E-state index contributed by atoms with van der Waals surface area (Å²) in [6.07, 6.45) is 5.99. The normalized spacial score (nSPS) is 36.2. The van der Waals surface area contributed by atoms with Crippen molar-refractivity contribution in [1.29, 1.82) is 0 Å². The molecule has 0 N–H and O–H groups in total. The summed E-state index contributed by atoms with van der Waals surface area (Å²) in [6, 6.07) is 0. The van der Waals surface area contributed by atoms with Gasteiger partial charge in [0, 0.05) is 5.41 Å². The number of hydrogen-bond acceptors (Lipinski definition) is 1. The minimum absolute atomic E-state index is 0.252. The molecule has 2 rings (SSSR count). The van der Waals surface area contributed by atoms with Gasteiger partial charge in [-0.2, -0.15) is 0 Å². The zero-order chi connectivity index (χ0) is 9.64. The van der Waals surface area contributed by atoms with Crippen LogP contribution in [0, 0.1) is 11.3 Å². The fraction of sp³-hybridized carbons (Fsp3) is 0.667. The standard InChI is InChI=1S/C12H18O/c1-8(2)6-12(4)7-10-5-9(3)11(12)13-10/h5,7-8,11H,6H2,1-4H3. The Bertz CT molecular complexity index is 285. The Morgan fingerprint density at radius 1 is 1.54 bits per heavy atom. The Labute approximate surface area is 80.5 Å². The van der Waals surface area contributed by atoms with E-state index in [-0.39, 0.29) is 5.41 Å². The van der Waals surface area contributed by atoms with Gasteiger partial charge in [0.2, 0.25) is 0 Å². The zero-order valence-electron chi connectivity index (χ0n) is 8.92. The number of fused-ring (bicyclic) bond motifs is 2. The molecule has 2 heterocycles. The molecule has 0 aliphatic carbocycles. The Kier molecular flexibility index (Phi) is 1.79. The molecule has 0 aromatic heterocycles. The maximum atomic E-state index is 5.77. The van der Waals surface area contributed by atoms with Crippen LogP contribution in [0.1, 0.15) is 34.1 Å². The lowest BCUT2D eigenvalue weighted by atomic mass is 9.74. The zero-order valence-corrected chi connectivity index (χ0v) is 8.92. The molecule has 1 nitrogen and oxygen atoms in total. The number of allylic oxidation sites excluding steroid dienone is 1. The third kappa shape index (κ3) is 1.31. The Morgan fingerprint density at radius 2 is 2.23 bits per heavy atom. The quantitative estimate of drug-likeness (QED) is 0.630. The fourth-order valence-corrected chi connectivity index (χ4v) is 2.74. The van der Waals surface area contributed by atoms with Crippen LogP contribution in [0.3, 0.4) is 0 Å². The first-order valence-corrected chi connectivity index (χ1v) is 5.09. The van der Waals surface area contributed by atoms with Crippen molar-refractivity contribution in [3.8, 4) is 0 Å².